The molecule has 2 unspecified atom stereocenters. The topological polar surface area (TPSA) is 77.8 Å². The van der Waals surface area contributed by atoms with Crippen molar-refractivity contribution in [3.63, 3.8) is 0 Å². The number of aliphatic carboxylic acids is 1. The molecule has 2 N–H and O–H groups in total. The minimum absolute atomic E-state index is 0.0905. The first kappa shape index (κ1) is 11.0. The van der Waals surface area contributed by atoms with Crippen LogP contribution in [0.5, 0.6) is 0 Å². The van der Waals surface area contributed by atoms with Crippen molar-refractivity contribution in [1.29, 1.82) is 0 Å². The van der Waals surface area contributed by atoms with Gasteiger partial charge >= 0.3 is 5.97 Å². The molecule has 0 aromatic carbocycles. The molecule has 0 bridgehead atoms. The fraction of sp³-hybridized carbons (Fsp3) is 0.778. The number of carboxylic acid groups (broad SMARTS) is 1. The van der Waals surface area contributed by atoms with Gasteiger partial charge in [0, 0.05) is 19.0 Å². The fourth-order valence-corrected chi connectivity index (χ4v) is 1.65. The van der Waals surface area contributed by atoms with Crippen LogP contribution in [0.25, 0.3) is 0 Å². The average molecular weight is 201 g/mol. The Morgan fingerprint density at radius 3 is 2.64 bits per heavy atom. The maximum Gasteiger partial charge on any atom is 0.312 e. The van der Waals surface area contributed by atoms with Gasteiger partial charge in [-0.15, -0.1) is 0 Å². The van der Waals surface area contributed by atoms with Crippen molar-refractivity contribution in [3.8, 4) is 0 Å². The Morgan fingerprint density at radius 2 is 2.21 bits per heavy atom. The van der Waals surface area contributed by atoms with E-state index < -0.39 is 18.5 Å². The van der Waals surface area contributed by atoms with E-state index >= 15 is 0 Å². The lowest BCUT2D eigenvalue weighted by Crippen LogP contribution is -2.31. The van der Waals surface area contributed by atoms with Crippen molar-refractivity contribution >= 4 is 11.9 Å². The van der Waals surface area contributed by atoms with Crippen LogP contribution in [0.15, 0.2) is 0 Å². The molecule has 1 heterocycles. The summed E-state index contributed by atoms with van der Waals surface area (Å²) < 4.78 is 0. The molecule has 0 aromatic heterocycles. The zero-order valence-electron chi connectivity index (χ0n) is 8.14. The van der Waals surface area contributed by atoms with E-state index in [1.807, 2.05) is 0 Å². The van der Waals surface area contributed by atoms with Gasteiger partial charge in [-0.2, -0.15) is 0 Å². The Labute approximate surface area is 82.3 Å². The van der Waals surface area contributed by atoms with Crippen LogP contribution in [-0.4, -0.2) is 46.2 Å². The molecule has 0 saturated carbocycles. The maximum atomic E-state index is 11.3. The number of hydrogen-bond acceptors (Lipinski definition) is 3. The fourth-order valence-electron chi connectivity index (χ4n) is 1.65. The summed E-state index contributed by atoms with van der Waals surface area (Å²) in [6, 6.07) is 0. The summed E-state index contributed by atoms with van der Waals surface area (Å²) >= 11 is 0. The molecule has 5 heteroatoms. The van der Waals surface area contributed by atoms with Crippen molar-refractivity contribution in [2.45, 2.75) is 25.9 Å². The van der Waals surface area contributed by atoms with Crippen LogP contribution in [0.3, 0.4) is 0 Å². The zero-order chi connectivity index (χ0) is 10.7. The van der Waals surface area contributed by atoms with Crippen molar-refractivity contribution in [2.24, 2.45) is 5.92 Å². The first-order valence-corrected chi connectivity index (χ1v) is 4.68. The second-order valence-electron chi connectivity index (χ2n) is 3.70. The van der Waals surface area contributed by atoms with Gasteiger partial charge in [0.1, 0.15) is 6.42 Å². The molecular weight excluding hydrogens is 186 g/mol. The standard InChI is InChI=1S/C9H15NO4/c1-6(11)7-2-3-10(5-7)8(12)4-9(13)14/h6-7,11H,2-5H2,1H3,(H,13,14). The number of likely N-dealkylation sites (tertiary alicyclic amines) is 1. The lowest BCUT2D eigenvalue weighted by molar-refractivity contribution is -0.143. The predicted octanol–water partition coefficient (Wildman–Crippen LogP) is -0.310. The molecule has 1 rings (SSSR count). The Morgan fingerprint density at radius 1 is 1.57 bits per heavy atom. The van der Waals surface area contributed by atoms with Gasteiger partial charge in [0.15, 0.2) is 0 Å². The number of hydrogen-bond donors (Lipinski definition) is 2. The maximum absolute atomic E-state index is 11.3. The van der Waals surface area contributed by atoms with Crippen molar-refractivity contribution in [1.82, 2.24) is 4.90 Å². The van der Waals surface area contributed by atoms with Gasteiger partial charge < -0.3 is 15.1 Å². The molecule has 80 valence electrons. The summed E-state index contributed by atoms with van der Waals surface area (Å²) in [4.78, 5) is 23.1. The predicted molar refractivity (Wildman–Crippen MR) is 48.6 cm³/mol. The van der Waals surface area contributed by atoms with Crippen LogP contribution in [-0.2, 0) is 9.59 Å². The van der Waals surface area contributed by atoms with Crippen LogP contribution in [0.2, 0.25) is 0 Å². The van der Waals surface area contributed by atoms with Crippen LogP contribution in [0.4, 0.5) is 0 Å². The quantitative estimate of drug-likeness (QED) is 0.614. The highest BCUT2D eigenvalue weighted by Gasteiger charge is 2.29. The van der Waals surface area contributed by atoms with Crippen LogP contribution >= 0.6 is 0 Å². The number of aliphatic hydroxyl groups excluding tert-OH is 1. The number of amides is 1. The van der Waals surface area contributed by atoms with E-state index in [1.165, 1.54) is 4.90 Å². The molecule has 1 saturated heterocycles. The molecule has 1 fully saturated rings. The summed E-state index contributed by atoms with van der Waals surface area (Å²) in [7, 11) is 0. The molecule has 0 spiro atoms. The second-order valence-corrected chi connectivity index (χ2v) is 3.70. The Bertz CT molecular complexity index is 239. The molecule has 0 radical (unpaired) electrons. The van der Waals surface area contributed by atoms with E-state index in [1.54, 1.807) is 6.92 Å². The van der Waals surface area contributed by atoms with E-state index in [2.05, 4.69) is 0 Å². The Hall–Kier alpha value is -1.10. The summed E-state index contributed by atoms with van der Waals surface area (Å²) in [5.41, 5.74) is 0. The summed E-state index contributed by atoms with van der Waals surface area (Å²) in [6.45, 7) is 2.72. The Kier molecular flexibility index (Phi) is 3.46. The van der Waals surface area contributed by atoms with Crippen LogP contribution < -0.4 is 0 Å². The third-order valence-electron chi connectivity index (χ3n) is 2.56. The monoisotopic (exact) mass is 201 g/mol. The van der Waals surface area contributed by atoms with Crippen LogP contribution in [0, 0.1) is 5.92 Å². The van der Waals surface area contributed by atoms with Gasteiger partial charge in [-0.3, -0.25) is 9.59 Å². The lowest BCUT2D eigenvalue weighted by atomic mass is 10.0. The van der Waals surface area contributed by atoms with Crippen molar-refractivity contribution < 1.29 is 19.8 Å². The average Bonchev–Trinajstić information content (AvgIpc) is 2.50. The summed E-state index contributed by atoms with van der Waals surface area (Å²) in [5, 5.41) is 17.7. The molecule has 0 aromatic rings. The molecule has 14 heavy (non-hydrogen) atoms. The summed E-state index contributed by atoms with van der Waals surface area (Å²) in [6.07, 6.45) is -0.132. The number of carboxylic acids is 1. The smallest absolute Gasteiger partial charge is 0.312 e. The first-order valence-electron chi connectivity index (χ1n) is 4.68. The number of aliphatic hydroxyl groups is 1. The van der Waals surface area contributed by atoms with Gasteiger partial charge in [-0.25, -0.2) is 0 Å². The number of carbonyl (C=O) groups is 2. The van der Waals surface area contributed by atoms with Gasteiger partial charge in [0.05, 0.1) is 6.10 Å². The van der Waals surface area contributed by atoms with E-state index in [-0.39, 0.29) is 11.8 Å². The molecular formula is C9H15NO4. The highest BCUT2D eigenvalue weighted by molar-refractivity contribution is 5.93. The van der Waals surface area contributed by atoms with Gasteiger partial charge in [0.2, 0.25) is 5.91 Å². The van der Waals surface area contributed by atoms with E-state index in [0.717, 1.165) is 6.42 Å². The van der Waals surface area contributed by atoms with Crippen molar-refractivity contribution in [3.05, 3.63) is 0 Å². The first-order chi connectivity index (χ1) is 6.50. The third-order valence-corrected chi connectivity index (χ3v) is 2.56. The van der Waals surface area contributed by atoms with Gasteiger partial charge in [-0.05, 0) is 13.3 Å². The number of rotatable bonds is 3. The van der Waals surface area contributed by atoms with Crippen molar-refractivity contribution in [2.75, 3.05) is 13.1 Å². The number of carbonyl (C=O) groups excluding carboxylic acids is 1. The minimum atomic E-state index is -1.10. The summed E-state index contributed by atoms with van der Waals surface area (Å²) in [5.74, 6) is -1.37. The van der Waals surface area contributed by atoms with E-state index in [9.17, 15) is 14.7 Å². The molecule has 5 nitrogen and oxygen atoms in total. The molecule has 0 aliphatic carbocycles. The highest BCUT2D eigenvalue weighted by atomic mass is 16.4. The normalized spacial score (nSPS) is 23.6. The molecule has 2 atom stereocenters. The van der Waals surface area contributed by atoms with E-state index in [0.29, 0.717) is 13.1 Å². The molecule has 1 aliphatic rings. The van der Waals surface area contributed by atoms with Gasteiger partial charge in [-0.1, -0.05) is 0 Å². The molecule has 1 amide bonds. The third kappa shape index (κ3) is 2.70. The van der Waals surface area contributed by atoms with E-state index in [4.69, 9.17) is 5.11 Å². The zero-order valence-corrected chi connectivity index (χ0v) is 8.14. The highest BCUT2D eigenvalue weighted by Crippen LogP contribution is 2.19. The SMILES string of the molecule is CC(O)C1CCN(C(=O)CC(=O)O)C1. The minimum Gasteiger partial charge on any atom is -0.481 e. The number of nitrogens with zero attached hydrogens (tertiary/aromatic N) is 1. The second kappa shape index (κ2) is 4.41. The van der Waals surface area contributed by atoms with Crippen LogP contribution in [0.1, 0.15) is 19.8 Å². The largest absolute Gasteiger partial charge is 0.481 e. The van der Waals surface area contributed by atoms with Gasteiger partial charge in [0.25, 0.3) is 0 Å². The molecule has 1 aliphatic heterocycles. The Balaban J connectivity index is 2.41. The lowest BCUT2D eigenvalue weighted by Gasteiger charge is -2.16.